The quantitative estimate of drug-likeness (QED) is 0.174. The third kappa shape index (κ3) is 4.47. The maximum atomic E-state index is 13.8. The molecule has 0 spiro atoms. The highest BCUT2D eigenvalue weighted by molar-refractivity contribution is 6.30. The van der Waals surface area contributed by atoms with Crippen LogP contribution in [0.15, 0.2) is 103 Å². The molecule has 6 rings (SSSR count). The number of methoxy groups -OCH3 is 1. The van der Waals surface area contributed by atoms with E-state index in [2.05, 4.69) is 0 Å². The summed E-state index contributed by atoms with van der Waals surface area (Å²) in [6.07, 6.45) is -1.03. The van der Waals surface area contributed by atoms with E-state index in [9.17, 15) is 14.4 Å². The molecule has 0 saturated carbocycles. The molecule has 2 fully saturated rings. The van der Waals surface area contributed by atoms with E-state index in [1.807, 2.05) is 12.1 Å². The number of carbonyl (C=O) groups excluding carboxylic acids is 3. The summed E-state index contributed by atoms with van der Waals surface area (Å²) in [7, 11) is 1.46. The zero-order chi connectivity index (χ0) is 27.8. The van der Waals surface area contributed by atoms with E-state index in [1.165, 1.54) is 12.0 Å². The van der Waals surface area contributed by atoms with E-state index in [0.29, 0.717) is 27.5 Å². The van der Waals surface area contributed by atoms with Crippen LogP contribution in [0.1, 0.15) is 22.0 Å². The summed E-state index contributed by atoms with van der Waals surface area (Å²) < 4.78 is 11.2. The molecule has 2 amide bonds. The second kappa shape index (κ2) is 10.5. The number of rotatable bonds is 6. The summed E-state index contributed by atoms with van der Waals surface area (Å²) in [5.74, 6) is -1.69. The maximum absolute atomic E-state index is 13.8. The van der Waals surface area contributed by atoms with Crippen molar-refractivity contribution in [1.29, 1.82) is 0 Å². The number of hydrogen-bond acceptors (Lipinski definition) is 7. The number of hydrogen-bond donors (Lipinski definition) is 0. The molecular formula is C31H23ClN2O6. The molecule has 4 aromatic carbocycles. The molecule has 3 atom stereocenters. The van der Waals surface area contributed by atoms with Crippen LogP contribution in [0.2, 0.25) is 5.02 Å². The summed E-state index contributed by atoms with van der Waals surface area (Å²) in [5.41, 5.74) is 2.13. The highest BCUT2D eigenvalue weighted by atomic mass is 35.5. The third-order valence-corrected chi connectivity index (χ3v) is 7.20. The molecule has 0 radical (unpaired) electrons. The number of para-hydroxylation sites is 1. The van der Waals surface area contributed by atoms with Gasteiger partial charge in [-0.05, 0) is 66.2 Å². The lowest BCUT2D eigenvalue weighted by Gasteiger charge is -2.29. The second-order valence-corrected chi connectivity index (χ2v) is 9.75. The minimum absolute atomic E-state index is 0.216. The minimum Gasteiger partial charge on any atom is -0.493 e. The summed E-state index contributed by atoms with van der Waals surface area (Å²) in [5, 5.41) is 2.10. The number of halogens is 1. The van der Waals surface area contributed by atoms with Crippen molar-refractivity contribution in [2.75, 3.05) is 17.1 Å². The molecular weight excluding hydrogens is 532 g/mol. The highest BCUT2D eigenvalue weighted by Gasteiger charge is 2.60. The van der Waals surface area contributed by atoms with E-state index in [-0.39, 0.29) is 17.4 Å². The Hall–Kier alpha value is -4.66. The smallest absolute Gasteiger partial charge is 0.343 e. The van der Waals surface area contributed by atoms with Gasteiger partial charge in [-0.3, -0.25) is 14.4 Å². The minimum atomic E-state index is -1.03. The van der Waals surface area contributed by atoms with Gasteiger partial charge in [0.15, 0.2) is 17.6 Å². The Labute approximate surface area is 235 Å². The molecule has 2 saturated heterocycles. The predicted octanol–water partition coefficient (Wildman–Crippen LogP) is 5.62. The first-order valence-electron chi connectivity index (χ1n) is 12.6. The number of nitrogens with zero attached hydrogens (tertiary/aromatic N) is 2. The van der Waals surface area contributed by atoms with Gasteiger partial charge in [0, 0.05) is 5.02 Å². The lowest BCUT2D eigenvalue weighted by molar-refractivity contribution is -0.126. The fraction of sp³-hybridized carbons (Fsp3) is 0.129. The molecule has 0 unspecified atom stereocenters. The Kier molecular flexibility index (Phi) is 6.71. The lowest BCUT2D eigenvalue weighted by Crippen LogP contribution is -2.37. The molecule has 8 nitrogen and oxygen atoms in total. The predicted molar refractivity (Wildman–Crippen MR) is 148 cm³/mol. The number of benzene rings is 4. The van der Waals surface area contributed by atoms with Crippen molar-refractivity contribution in [3.63, 3.8) is 0 Å². The average Bonchev–Trinajstić information content (AvgIpc) is 3.50. The largest absolute Gasteiger partial charge is 0.493 e. The van der Waals surface area contributed by atoms with Crippen molar-refractivity contribution >= 4 is 40.8 Å². The van der Waals surface area contributed by atoms with Gasteiger partial charge in [-0.15, -0.1) is 0 Å². The van der Waals surface area contributed by atoms with Crippen LogP contribution in [0.3, 0.4) is 0 Å². The monoisotopic (exact) mass is 554 g/mol. The Bertz CT molecular complexity index is 1580. The molecule has 2 heterocycles. The van der Waals surface area contributed by atoms with Gasteiger partial charge in [-0.1, -0.05) is 54.1 Å². The van der Waals surface area contributed by atoms with Crippen LogP contribution in [0, 0.1) is 5.92 Å². The van der Waals surface area contributed by atoms with Crippen LogP contribution in [0.25, 0.3) is 0 Å². The number of esters is 1. The molecule has 2 aliphatic rings. The van der Waals surface area contributed by atoms with E-state index >= 15 is 0 Å². The van der Waals surface area contributed by atoms with Crippen LogP contribution >= 0.6 is 11.6 Å². The van der Waals surface area contributed by atoms with E-state index in [1.54, 1.807) is 96.1 Å². The normalized spacial score (nSPS) is 20.0. The molecule has 4 aromatic rings. The van der Waals surface area contributed by atoms with Gasteiger partial charge < -0.3 is 9.47 Å². The van der Waals surface area contributed by atoms with Gasteiger partial charge in [0.05, 0.1) is 30.1 Å². The van der Waals surface area contributed by atoms with Gasteiger partial charge in [0.25, 0.3) is 5.91 Å². The number of ether oxygens (including phenoxy) is 2. The van der Waals surface area contributed by atoms with Crippen LogP contribution in [-0.4, -0.2) is 31.0 Å². The molecule has 200 valence electrons. The Balaban J connectivity index is 1.39. The zero-order valence-electron chi connectivity index (χ0n) is 21.3. The zero-order valence-corrected chi connectivity index (χ0v) is 22.0. The van der Waals surface area contributed by atoms with E-state index in [0.717, 1.165) is 0 Å². The maximum Gasteiger partial charge on any atom is 0.343 e. The summed E-state index contributed by atoms with van der Waals surface area (Å²) >= 11 is 6.11. The molecule has 0 bridgehead atoms. The van der Waals surface area contributed by atoms with Crippen molar-refractivity contribution in [3.8, 4) is 11.5 Å². The number of amides is 2. The Morgan fingerprint density at radius 1 is 0.800 bits per heavy atom. The van der Waals surface area contributed by atoms with Crippen LogP contribution in [-0.2, 0) is 14.4 Å². The van der Waals surface area contributed by atoms with Gasteiger partial charge in [0.1, 0.15) is 5.92 Å². The summed E-state index contributed by atoms with van der Waals surface area (Å²) in [6.45, 7) is 0. The average molecular weight is 555 g/mol. The number of imide groups is 1. The second-order valence-electron chi connectivity index (χ2n) is 9.31. The van der Waals surface area contributed by atoms with E-state index < -0.39 is 29.9 Å². The van der Waals surface area contributed by atoms with Gasteiger partial charge in [-0.25, -0.2) is 14.8 Å². The van der Waals surface area contributed by atoms with Crippen molar-refractivity contribution in [2.45, 2.75) is 12.1 Å². The fourth-order valence-electron chi connectivity index (χ4n) is 5.08. The number of carbonyl (C=O) groups is 3. The molecule has 40 heavy (non-hydrogen) atoms. The Morgan fingerprint density at radius 3 is 2.15 bits per heavy atom. The van der Waals surface area contributed by atoms with Crippen LogP contribution < -0.4 is 19.4 Å². The fourth-order valence-corrected chi connectivity index (χ4v) is 5.21. The number of anilines is 2. The topological polar surface area (TPSA) is 85.4 Å². The summed E-state index contributed by atoms with van der Waals surface area (Å²) in [6, 6.07) is 28.7. The van der Waals surface area contributed by atoms with Crippen molar-refractivity contribution in [3.05, 3.63) is 119 Å². The Morgan fingerprint density at radius 2 is 1.48 bits per heavy atom. The summed E-state index contributed by atoms with van der Waals surface area (Å²) in [4.78, 5) is 47.4. The molecule has 0 N–H and O–H groups in total. The van der Waals surface area contributed by atoms with Gasteiger partial charge in [0.2, 0.25) is 5.91 Å². The molecule has 2 aliphatic heterocycles. The first-order valence-corrected chi connectivity index (χ1v) is 12.9. The SMILES string of the molecule is COc1cc([C@@H]2[C@@H]3C(=O)N(c4ccccc4)C(=O)[C@@H]3ON2c2ccc(Cl)cc2)ccc1OC(=O)c1ccccc1. The van der Waals surface area contributed by atoms with Crippen molar-refractivity contribution < 1.29 is 28.7 Å². The standard InChI is InChI=1S/C31H23ClN2O6/c1-38-25-18-20(12-17-24(25)39-31(37)19-8-4-2-5-9-19)27-26-28(40-34(27)23-15-13-21(32)14-16-23)30(36)33(29(26)35)22-10-6-3-7-11-22/h2-18,26-28H,1H3/t26-,27+,28+/m0/s1. The lowest BCUT2D eigenvalue weighted by atomic mass is 9.90. The molecule has 0 aliphatic carbocycles. The van der Waals surface area contributed by atoms with Crippen molar-refractivity contribution in [1.82, 2.24) is 0 Å². The molecule has 0 aromatic heterocycles. The number of fused-ring (bicyclic) bond motifs is 1. The first kappa shape index (κ1) is 25.6. The van der Waals surface area contributed by atoms with E-state index in [4.69, 9.17) is 25.9 Å². The van der Waals surface area contributed by atoms with Crippen molar-refractivity contribution in [2.24, 2.45) is 5.92 Å². The number of hydroxylamine groups is 1. The van der Waals surface area contributed by atoms with Crippen LogP contribution in [0.4, 0.5) is 11.4 Å². The third-order valence-electron chi connectivity index (χ3n) is 6.95. The highest BCUT2D eigenvalue weighted by Crippen LogP contribution is 2.48. The first-order chi connectivity index (χ1) is 19.5. The van der Waals surface area contributed by atoms with Gasteiger partial charge >= 0.3 is 5.97 Å². The molecule has 9 heteroatoms. The van der Waals surface area contributed by atoms with Crippen LogP contribution in [0.5, 0.6) is 11.5 Å². The van der Waals surface area contributed by atoms with Gasteiger partial charge in [-0.2, -0.15) is 0 Å².